The summed E-state index contributed by atoms with van der Waals surface area (Å²) in [6, 6.07) is 1.53. The van der Waals surface area contributed by atoms with E-state index in [0.717, 1.165) is 24.2 Å². The molecule has 1 fully saturated rings. The van der Waals surface area contributed by atoms with Crippen LogP contribution in [0.4, 0.5) is 0 Å². The third-order valence-electron chi connectivity index (χ3n) is 3.44. The van der Waals surface area contributed by atoms with Crippen LogP contribution in [0, 0.1) is 11.8 Å². The number of sulfonamides is 1. The maximum atomic E-state index is 12.0. The third-order valence-corrected chi connectivity index (χ3v) is 6.35. The van der Waals surface area contributed by atoms with Crippen molar-refractivity contribution in [1.29, 1.82) is 0 Å². The molecule has 102 valence electrons. The van der Waals surface area contributed by atoms with Crippen molar-refractivity contribution in [3.63, 3.8) is 0 Å². The van der Waals surface area contributed by atoms with E-state index in [-0.39, 0.29) is 10.8 Å². The summed E-state index contributed by atoms with van der Waals surface area (Å²) >= 11 is 1.15. The zero-order valence-corrected chi connectivity index (χ0v) is 12.1. The summed E-state index contributed by atoms with van der Waals surface area (Å²) in [4.78, 5) is 0. The van der Waals surface area contributed by atoms with Crippen LogP contribution in [0.3, 0.4) is 0 Å². The average molecular weight is 289 g/mol. The lowest BCUT2D eigenvalue weighted by atomic mass is 10.1. The summed E-state index contributed by atoms with van der Waals surface area (Å²) in [5, 5.41) is 10.6. The minimum absolute atomic E-state index is 0.119. The number of hydrogen-bond acceptors (Lipinski definition) is 4. The molecule has 18 heavy (non-hydrogen) atoms. The summed E-state index contributed by atoms with van der Waals surface area (Å²) in [6.07, 6.45) is 3.41. The summed E-state index contributed by atoms with van der Waals surface area (Å²) in [6.45, 7) is 2.62. The first kappa shape index (κ1) is 14.0. The highest BCUT2D eigenvalue weighted by molar-refractivity contribution is 7.91. The van der Waals surface area contributed by atoms with E-state index in [4.69, 9.17) is 5.11 Å². The number of aliphatic hydroxyl groups excluding tert-OH is 1. The molecule has 2 unspecified atom stereocenters. The predicted molar refractivity (Wildman–Crippen MR) is 71.9 cm³/mol. The van der Waals surface area contributed by atoms with Crippen molar-refractivity contribution in [2.45, 2.75) is 37.0 Å². The van der Waals surface area contributed by atoms with E-state index in [1.807, 2.05) is 0 Å². The topological polar surface area (TPSA) is 66.4 Å². The zero-order valence-electron chi connectivity index (χ0n) is 10.4. The Labute approximate surface area is 112 Å². The van der Waals surface area contributed by atoms with Gasteiger partial charge in [-0.05, 0) is 41.7 Å². The normalized spacial score (nSPS) is 24.6. The molecule has 4 nitrogen and oxygen atoms in total. The van der Waals surface area contributed by atoms with E-state index in [9.17, 15) is 8.42 Å². The monoisotopic (exact) mass is 289 g/mol. The smallest absolute Gasteiger partial charge is 0.250 e. The molecular weight excluding hydrogens is 270 g/mol. The molecule has 6 heteroatoms. The van der Waals surface area contributed by atoms with Gasteiger partial charge in [0, 0.05) is 6.54 Å². The summed E-state index contributed by atoms with van der Waals surface area (Å²) in [7, 11) is -3.40. The predicted octanol–water partition coefficient (Wildman–Crippen LogP) is 1.95. The van der Waals surface area contributed by atoms with Crippen molar-refractivity contribution in [3.05, 3.63) is 17.0 Å². The van der Waals surface area contributed by atoms with Gasteiger partial charge in [0.2, 0.25) is 10.0 Å². The Bertz CT molecular complexity index is 495. The first-order chi connectivity index (χ1) is 8.51. The van der Waals surface area contributed by atoms with Gasteiger partial charge in [-0.2, -0.15) is 0 Å². The van der Waals surface area contributed by atoms with Gasteiger partial charge in [-0.3, -0.25) is 0 Å². The van der Waals surface area contributed by atoms with Crippen LogP contribution in [0.5, 0.6) is 0 Å². The molecule has 2 atom stereocenters. The highest BCUT2D eigenvalue weighted by Gasteiger charge is 2.24. The fourth-order valence-corrected chi connectivity index (χ4v) is 4.75. The van der Waals surface area contributed by atoms with Crippen LogP contribution in [-0.2, 0) is 16.6 Å². The molecule has 2 N–H and O–H groups in total. The molecule has 0 spiro atoms. The minimum atomic E-state index is -3.40. The van der Waals surface area contributed by atoms with Crippen LogP contribution in [0.1, 0.15) is 31.7 Å². The second-order valence-electron chi connectivity index (χ2n) is 5.07. The SMILES string of the molecule is CC1CCC(CNS(=O)(=O)c2cc(CO)cs2)C1. The standard InChI is InChI=1S/C12H19NO3S2/c1-9-2-3-10(4-9)6-13-18(15,16)12-5-11(7-14)8-17-12/h5,8-10,13-14H,2-4,6-7H2,1H3. The van der Waals surface area contributed by atoms with Gasteiger partial charge >= 0.3 is 0 Å². The van der Waals surface area contributed by atoms with E-state index in [2.05, 4.69) is 11.6 Å². The Kier molecular flexibility index (Phi) is 4.42. The van der Waals surface area contributed by atoms with Crippen molar-refractivity contribution in [2.75, 3.05) is 6.54 Å². The quantitative estimate of drug-likeness (QED) is 0.870. The highest BCUT2D eigenvalue weighted by Crippen LogP contribution is 2.30. The molecule has 0 radical (unpaired) electrons. The van der Waals surface area contributed by atoms with Crippen LogP contribution >= 0.6 is 11.3 Å². The lowest BCUT2D eigenvalue weighted by molar-refractivity contribution is 0.282. The van der Waals surface area contributed by atoms with Crippen LogP contribution in [0.2, 0.25) is 0 Å². The molecule has 0 aromatic carbocycles. The molecule has 0 bridgehead atoms. The van der Waals surface area contributed by atoms with Gasteiger partial charge in [-0.15, -0.1) is 11.3 Å². The van der Waals surface area contributed by atoms with Gasteiger partial charge in [0.25, 0.3) is 0 Å². The van der Waals surface area contributed by atoms with Gasteiger partial charge in [-0.25, -0.2) is 13.1 Å². The summed E-state index contributed by atoms with van der Waals surface area (Å²) < 4.78 is 27.0. The number of thiophene rings is 1. The van der Waals surface area contributed by atoms with Gasteiger partial charge in [0.15, 0.2) is 0 Å². The third kappa shape index (κ3) is 3.32. The maximum absolute atomic E-state index is 12.0. The van der Waals surface area contributed by atoms with E-state index < -0.39 is 10.0 Å². The minimum Gasteiger partial charge on any atom is -0.392 e. The van der Waals surface area contributed by atoms with Gasteiger partial charge < -0.3 is 5.11 Å². The summed E-state index contributed by atoms with van der Waals surface area (Å²) in [5.41, 5.74) is 0.648. The van der Waals surface area contributed by atoms with E-state index in [0.29, 0.717) is 23.9 Å². The Hall–Kier alpha value is -0.430. The maximum Gasteiger partial charge on any atom is 0.250 e. The second kappa shape index (κ2) is 5.69. The van der Waals surface area contributed by atoms with Crippen molar-refractivity contribution in [2.24, 2.45) is 11.8 Å². The average Bonchev–Trinajstić information content (AvgIpc) is 2.95. The lowest BCUT2D eigenvalue weighted by Gasteiger charge is -2.10. The van der Waals surface area contributed by atoms with Crippen LogP contribution in [0.15, 0.2) is 15.7 Å². The van der Waals surface area contributed by atoms with E-state index >= 15 is 0 Å². The Morgan fingerprint density at radius 3 is 2.83 bits per heavy atom. The zero-order chi connectivity index (χ0) is 13.2. The second-order valence-corrected chi connectivity index (χ2v) is 7.97. The van der Waals surface area contributed by atoms with Gasteiger partial charge in [0.05, 0.1) is 6.61 Å². The van der Waals surface area contributed by atoms with Crippen molar-refractivity contribution in [3.8, 4) is 0 Å². The molecular formula is C12H19NO3S2. The van der Waals surface area contributed by atoms with Gasteiger partial charge in [0.1, 0.15) is 4.21 Å². The highest BCUT2D eigenvalue weighted by atomic mass is 32.2. The number of nitrogens with one attached hydrogen (secondary N) is 1. The van der Waals surface area contributed by atoms with Crippen LogP contribution in [0.25, 0.3) is 0 Å². The molecule has 1 aliphatic carbocycles. The van der Waals surface area contributed by atoms with E-state index in [1.165, 1.54) is 12.5 Å². The number of rotatable bonds is 5. The summed E-state index contributed by atoms with van der Waals surface area (Å²) in [5.74, 6) is 1.18. The molecule has 2 rings (SSSR count). The number of aliphatic hydroxyl groups is 1. The first-order valence-corrected chi connectivity index (χ1v) is 8.55. The molecule has 0 aliphatic heterocycles. The molecule has 1 aromatic rings. The van der Waals surface area contributed by atoms with Crippen molar-refractivity contribution in [1.82, 2.24) is 4.72 Å². The van der Waals surface area contributed by atoms with Crippen LogP contribution < -0.4 is 4.72 Å². The molecule has 1 aliphatic rings. The largest absolute Gasteiger partial charge is 0.392 e. The molecule has 1 aromatic heterocycles. The first-order valence-electron chi connectivity index (χ1n) is 6.19. The molecule has 0 amide bonds. The molecule has 1 heterocycles. The number of hydrogen-bond donors (Lipinski definition) is 2. The van der Waals surface area contributed by atoms with Gasteiger partial charge in [-0.1, -0.05) is 13.3 Å². The van der Waals surface area contributed by atoms with Crippen molar-refractivity contribution < 1.29 is 13.5 Å². The fourth-order valence-electron chi connectivity index (χ4n) is 2.39. The van der Waals surface area contributed by atoms with E-state index in [1.54, 1.807) is 5.38 Å². The molecule has 0 saturated heterocycles. The van der Waals surface area contributed by atoms with Crippen LogP contribution in [-0.4, -0.2) is 20.1 Å². The Morgan fingerprint density at radius 1 is 1.50 bits per heavy atom. The Morgan fingerprint density at radius 2 is 2.28 bits per heavy atom. The lowest BCUT2D eigenvalue weighted by Crippen LogP contribution is -2.28. The Balaban J connectivity index is 1.95. The fraction of sp³-hybridized carbons (Fsp3) is 0.667. The van der Waals surface area contributed by atoms with Crippen molar-refractivity contribution >= 4 is 21.4 Å². The molecule has 1 saturated carbocycles.